The summed E-state index contributed by atoms with van der Waals surface area (Å²) in [6.45, 7) is 7.48. The zero-order valence-corrected chi connectivity index (χ0v) is 18.4. The molecule has 0 aromatic heterocycles. The van der Waals surface area contributed by atoms with Crippen LogP contribution in [0.4, 0.5) is 5.69 Å². The molecule has 0 spiro atoms. The number of rotatable bonds is 8. The van der Waals surface area contributed by atoms with Crippen LogP contribution in [0.2, 0.25) is 0 Å². The molecule has 1 N–H and O–H groups in total. The van der Waals surface area contributed by atoms with Crippen molar-refractivity contribution in [2.75, 3.05) is 11.4 Å². The molecule has 0 radical (unpaired) electrons. The van der Waals surface area contributed by atoms with Gasteiger partial charge in [-0.15, -0.1) is 0 Å². The minimum atomic E-state index is -3.70. The Morgan fingerprint density at radius 3 is 2.33 bits per heavy atom. The summed E-state index contributed by atoms with van der Waals surface area (Å²) in [7, 11) is -3.70. The monoisotopic (exact) mass is 421 g/mol. The lowest BCUT2D eigenvalue weighted by Crippen LogP contribution is -2.21. The average Bonchev–Trinajstić information content (AvgIpc) is 2.75. The van der Waals surface area contributed by atoms with Crippen LogP contribution in [0, 0.1) is 13.8 Å². The Hall–Kier alpha value is -3.12. The topological polar surface area (TPSA) is 61.8 Å². The number of nitrogens with one attached hydrogen (secondary N) is 1. The minimum absolute atomic E-state index is 0.245. The SMILES string of the molecule is CCN(Cc1ccccc1)c1ccc(/C=N\NS(=O)(=O)c2cc(C)ccc2C)cc1. The highest BCUT2D eigenvalue weighted by atomic mass is 32.2. The Morgan fingerprint density at radius 1 is 0.967 bits per heavy atom. The van der Waals surface area contributed by atoms with Gasteiger partial charge in [0, 0.05) is 18.8 Å². The summed E-state index contributed by atoms with van der Waals surface area (Å²) in [5.41, 5.74) is 4.75. The first-order valence-electron chi connectivity index (χ1n) is 9.90. The predicted octanol–water partition coefficient (Wildman–Crippen LogP) is 4.64. The Labute approximate surface area is 179 Å². The fourth-order valence-corrected chi connectivity index (χ4v) is 4.30. The molecule has 0 unspecified atom stereocenters. The zero-order valence-electron chi connectivity index (χ0n) is 17.5. The van der Waals surface area contributed by atoms with Crippen molar-refractivity contribution in [3.63, 3.8) is 0 Å². The lowest BCUT2D eigenvalue weighted by molar-refractivity contribution is 0.584. The largest absolute Gasteiger partial charge is 0.367 e. The van der Waals surface area contributed by atoms with Crippen molar-refractivity contribution >= 4 is 21.9 Å². The Bertz CT molecular complexity index is 1110. The highest BCUT2D eigenvalue weighted by molar-refractivity contribution is 7.89. The number of nitrogens with zero attached hydrogens (tertiary/aromatic N) is 2. The van der Waals surface area contributed by atoms with Crippen LogP contribution in [-0.4, -0.2) is 21.2 Å². The molecule has 0 fully saturated rings. The van der Waals surface area contributed by atoms with Gasteiger partial charge < -0.3 is 4.90 Å². The Morgan fingerprint density at radius 2 is 1.67 bits per heavy atom. The van der Waals surface area contributed by atoms with Gasteiger partial charge in [-0.3, -0.25) is 0 Å². The number of hydrazone groups is 1. The number of benzene rings is 3. The van der Waals surface area contributed by atoms with Crippen molar-refractivity contribution in [3.05, 3.63) is 95.1 Å². The van der Waals surface area contributed by atoms with Gasteiger partial charge in [0.25, 0.3) is 10.0 Å². The van der Waals surface area contributed by atoms with Crippen molar-refractivity contribution < 1.29 is 8.42 Å². The molecule has 0 aliphatic rings. The standard InChI is InChI=1S/C24H27N3O2S/c1-4-27(18-22-8-6-5-7-9-22)23-14-12-21(13-15-23)17-25-26-30(28,29)24-16-19(2)10-11-20(24)3/h5-17,26H,4,18H2,1-3H3/b25-17-. The molecule has 3 aromatic rings. The first kappa shape index (κ1) is 21.6. The number of hydrogen-bond acceptors (Lipinski definition) is 4. The third-order valence-corrected chi connectivity index (χ3v) is 6.24. The summed E-state index contributed by atoms with van der Waals surface area (Å²) in [6, 6.07) is 23.6. The first-order chi connectivity index (χ1) is 14.4. The third kappa shape index (κ3) is 5.48. The van der Waals surface area contributed by atoms with E-state index in [0.717, 1.165) is 29.9 Å². The fourth-order valence-electron chi connectivity index (χ4n) is 3.18. The maximum absolute atomic E-state index is 12.5. The van der Waals surface area contributed by atoms with Gasteiger partial charge in [0.15, 0.2) is 0 Å². The van der Waals surface area contributed by atoms with Crippen molar-refractivity contribution in [3.8, 4) is 0 Å². The third-order valence-electron chi connectivity index (χ3n) is 4.88. The van der Waals surface area contributed by atoms with Crippen LogP contribution >= 0.6 is 0 Å². The highest BCUT2D eigenvalue weighted by Crippen LogP contribution is 2.18. The molecular weight excluding hydrogens is 394 g/mol. The molecular formula is C24H27N3O2S. The van der Waals surface area contributed by atoms with E-state index in [1.54, 1.807) is 19.1 Å². The average molecular weight is 422 g/mol. The minimum Gasteiger partial charge on any atom is -0.367 e. The molecule has 0 atom stereocenters. The van der Waals surface area contributed by atoms with Crippen LogP contribution in [0.15, 0.2) is 82.8 Å². The second-order valence-corrected chi connectivity index (χ2v) is 8.84. The number of hydrogen-bond donors (Lipinski definition) is 1. The summed E-state index contributed by atoms with van der Waals surface area (Å²) in [4.78, 5) is 4.83. The molecule has 0 amide bonds. The normalized spacial score (nSPS) is 11.6. The zero-order chi connectivity index (χ0) is 21.6. The predicted molar refractivity (Wildman–Crippen MR) is 123 cm³/mol. The van der Waals surface area contributed by atoms with Crippen LogP contribution in [0.5, 0.6) is 0 Å². The van der Waals surface area contributed by atoms with Crippen molar-refractivity contribution in [2.45, 2.75) is 32.2 Å². The summed E-state index contributed by atoms with van der Waals surface area (Å²) in [5.74, 6) is 0. The molecule has 30 heavy (non-hydrogen) atoms. The molecule has 0 saturated carbocycles. The van der Waals surface area contributed by atoms with E-state index < -0.39 is 10.0 Å². The summed E-state index contributed by atoms with van der Waals surface area (Å²) in [6.07, 6.45) is 1.51. The smallest absolute Gasteiger partial charge is 0.276 e. The molecule has 5 nitrogen and oxygen atoms in total. The molecule has 3 rings (SSSR count). The van der Waals surface area contributed by atoms with E-state index in [1.165, 1.54) is 11.8 Å². The number of anilines is 1. The first-order valence-corrected chi connectivity index (χ1v) is 11.4. The van der Waals surface area contributed by atoms with Gasteiger partial charge >= 0.3 is 0 Å². The summed E-state index contributed by atoms with van der Waals surface area (Å²) >= 11 is 0. The van der Waals surface area contributed by atoms with Gasteiger partial charge in [-0.05, 0) is 61.2 Å². The quantitative estimate of drug-likeness (QED) is 0.426. The van der Waals surface area contributed by atoms with Crippen LogP contribution in [0.25, 0.3) is 0 Å². The number of sulfonamides is 1. The Balaban J connectivity index is 1.67. The van der Waals surface area contributed by atoms with Crippen LogP contribution in [-0.2, 0) is 16.6 Å². The second-order valence-electron chi connectivity index (χ2n) is 7.21. The lowest BCUT2D eigenvalue weighted by atomic mass is 10.1. The van der Waals surface area contributed by atoms with E-state index in [4.69, 9.17) is 0 Å². The van der Waals surface area contributed by atoms with Gasteiger partial charge in [0.05, 0.1) is 11.1 Å². The van der Waals surface area contributed by atoms with Crippen LogP contribution in [0.3, 0.4) is 0 Å². The van der Waals surface area contributed by atoms with Crippen molar-refractivity contribution in [1.29, 1.82) is 0 Å². The molecule has 3 aromatic carbocycles. The van der Waals surface area contributed by atoms with E-state index in [2.05, 4.69) is 33.9 Å². The van der Waals surface area contributed by atoms with Gasteiger partial charge in [0.1, 0.15) is 0 Å². The van der Waals surface area contributed by atoms with Gasteiger partial charge in [-0.25, -0.2) is 4.83 Å². The van der Waals surface area contributed by atoms with E-state index in [1.807, 2.05) is 55.5 Å². The lowest BCUT2D eigenvalue weighted by Gasteiger charge is -2.23. The van der Waals surface area contributed by atoms with Gasteiger partial charge in [0.2, 0.25) is 0 Å². The summed E-state index contributed by atoms with van der Waals surface area (Å²) in [5, 5.41) is 3.95. The number of aryl methyl sites for hydroxylation is 2. The molecule has 6 heteroatoms. The molecule has 0 aliphatic heterocycles. The van der Waals surface area contributed by atoms with Gasteiger partial charge in [-0.2, -0.15) is 13.5 Å². The van der Waals surface area contributed by atoms with E-state index >= 15 is 0 Å². The Kier molecular flexibility index (Phi) is 6.90. The van der Waals surface area contributed by atoms with E-state index in [9.17, 15) is 8.42 Å². The van der Waals surface area contributed by atoms with Crippen LogP contribution < -0.4 is 9.73 Å². The highest BCUT2D eigenvalue weighted by Gasteiger charge is 2.15. The molecule has 156 valence electrons. The summed E-state index contributed by atoms with van der Waals surface area (Å²) < 4.78 is 25.0. The molecule has 0 saturated heterocycles. The van der Waals surface area contributed by atoms with Crippen LogP contribution in [0.1, 0.15) is 29.2 Å². The molecule has 0 aliphatic carbocycles. The van der Waals surface area contributed by atoms with E-state index in [-0.39, 0.29) is 4.90 Å². The van der Waals surface area contributed by atoms with Gasteiger partial charge in [-0.1, -0.05) is 54.6 Å². The van der Waals surface area contributed by atoms with Crippen molar-refractivity contribution in [2.24, 2.45) is 5.10 Å². The maximum Gasteiger partial charge on any atom is 0.276 e. The van der Waals surface area contributed by atoms with E-state index in [0.29, 0.717) is 5.56 Å². The maximum atomic E-state index is 12.5. The molecule has 0 heterocycles. The van der Waals surface area contributed by atoms with Crippen molar-refractivity contribution in [1.82, 2.24) is 4.83 Å². The second kappa shape index (κ2) is 9.59. The fraction of sp³-hybridized carbons (Fsp3) is 0.208. The molecule has 0 bridgehead atoms.